The van der Waals surface area contributed by atoms with Gasteiger partial charge in [0, 0.05) is 17.6 Å². The minimum absolute atomic E-state index is 0.241. The first kappa shape index (κ1) is 24.7. The Morgan fingerprint density at radius 3 is 2.11 bits per heavy atom. The normalized spacial score (nSPS) is 16.9. The van der Waals surface area contributed by atoms with Gasteiger partial charge in [-0.25, -0.2) is 4.98 Å². The molecule has 0 N–H and O–H groups in total. The molecule has 3 aromatic carbocycles. The second-order valence-corrected chi connectivity index (χ2v) is 10.8. The molecule has 1 heterocycles. The number of carbonyl (C=O) groups excluding carboxylic acids is 1. The maximum absolute atomic E-state index is 14.2. The van der Waals surface area contributed by atoms with Crippen LogP contribution in [0.1, 0.15) is 64.2 Å². The number of carbonyl (C=O) groups is 1. The number of amides is 1. The highest BCUT2D eigenvalue weighted by Crippen LogP contribution is 2.33. The zero-order chi connectivity index (χ0) is 25.7. The lowest BCUT2D eigenvalue weighted by Gasteiger charge is -2.42. The van der Waals surface area contributed by atoms with Crippen LogP contribution in [-0.4, -0.2) is 32.4 Å². The molecule has 0 spiro atoms. The molecule has 0 bridgehead atoms. The molecule has 5 heteroatoms. The van der Waals surface area contributed by atoms with E-state index < -0.39 is 0 Å². The molecule has 4 aromatic rings. The SMILES string of the molecule is O=C(Cn1c(-c2cccc(Oc3ccccc3)c2)nc2ccccc21)N(C1CCCCC1)C1CCCCC1. The van der Waals surface area contributed by atoms with Crippen LogP contribution in [0.5, 0.6) is 11.5 Å². The van der Waals surface area contributed by atoms with Gasteiger partial charge in [-0.2, -0.15) is 0 Å². The van der Waals surface area contributed by atoms with Crippen LogP contribution >= 0.6 is 0 Å². The van der Waals surface area contributed by atoms with Crippen LogP contribution in [0.4, 0.5) is 0 Å². The summed E-state index contributed by atoms with van der Waals surface area (Å²) in [7, 11) is 0. The van der Waals surface area contributed by atoms with Crippen LogP contribution in [0.3, 0.4) is 0 Å². The minimum Gasteiger partial charge on any atom is -0.457 e. The molecule has 2 saturated carbocycles. The van der Waals surface area contributed by atoms with Gasteiger partial charge in [-0.15, -0.1) is 0 Å². The fourth-order valence-corrected chi connectivity index (χ4v) is 6.42. The van der Waals surface area contributed by atoms with Crippen LogP contribution in [0.15, 0.2) is 78.9 Å². The standard InChI is InChI=1S/C33H37N3O2/c37-32(36(26-14-4-1-5-15-26)27-16-6-2-7-17-27)24-35-31-22-11-10-21-30(31)34-33(35)25-13-12-20-29(23-25)38-28-18-8-3-9-19-28/h3,8-13,18-23,26-27H,1-2,4-7,14-17,24H2. The Kier molecular flexibility index (Phi) is 7.43. The number of hydrogen-bond donors (Lipinski definition) is 0. The van der Waals surface area contributed by atoms with Gasteiger partial charge < -0.3 is 14.2 Å². The van der Waals surface area contributed by atoms with Crippen LogP contribution < -0.4 is 4.74 Å². The van der Waals surface area contributed by atoms with Crippen LogP contribution in [-0.2, 0) is 11.3 Å². The third-order valence-electron chi connectivity index (χ3n) is 8.24. The summed E-state index contributed by atoms with van der Waals surface area (Å²) in [5.41, 5.74) is 2.85. The highest BCUT2D eigenvalue weighted by atomic mass is 16.5. The van der Waals surface area contributed by atoms with Crippen LogP contribution in [0.25, 0.3) is 22.4 Å². The Balaban J connectivity index is 1.34. The molecule has 2 fully saturated rings. The number of fused-ring (bicyclic) bond motifs is 1. The van der Waals surface area contributed by atoms with E-state index in [0.29, 0.717) is 18.6 Å². The number of ether oxygens (including phenoxy) is 1. The lowest BCUT2D eigenvalue weighted by molar-refractivity contribution is -0.138. The van der Waals surface area contributed by atoms with Crippen molar-refractivity contribution in [3.63, 3.8) is 0 Å². The molecule has 1 aromatic heterocycles. The fraction of sp³-hybridized carbons (Fsp3) is 0.394. The van der Waals surface area contributed by atoms with Gasteiger partial charge in [-0.05, 0) is 62.1 Å². The van der Waals surface area contributed by atoms with Gasteiger partial charge in [-0.3, -0.25) is 4.79 Å². The molecule has 2 aliphatic rings. The van der Waals surface area contributed by atoms with E-state index in [4.69, 9.17) is 9.72 Å². The van der Waals surface area contributed by atoms with E-state index >= 15 is 0 Å². The van der Waals surface area contributed by atoms with E-state index in [2.05, 4.69) is 21.6 Å². The second-order valence-electron chi connectivity index (χ2n) is 10.8. The van der Waals surface area contributed by atoms with Crippen molar-refractivity contribution >= 4 is 16.9 Å². The number of nitrogens with zero attached hydrogens (tertiary/aromatic N) is 3. The molecular formula is C33H37N3O2. The van der Waals surface area contributed by atoms with E-state index in [0.717, 1.165) is 59.6 Å². The van der Waals surface area contributed by atoms with Gasteiger partial charge in [-0.1, -0.05) is 81.0 Å². The fourth-order valence-electron chi connectivity index (χ4n) is 6.42. The molecule has 6 rings (SSSR count). The summed E-state index contributed by atoms with van der Waals surface area (Å²) in [5.74, 6) is 2.60. The van der Waals surface area contributed by atoms with Gasteiger partial charge in [0.05, 0.1) is 11.0 Å². The van der Waals surface area contributed by atoms with Gasteiger partial charge in [0.1, 0.15) is 23.9 Å². The molecule has 5 nitrogen and oxygen atoms in total. The lowest BCUT2D eigenvalue weighted by Crippen LogP contribution is -2.50. The smallest absolute Gasteiger partial charge is 0.243 e. The molecule has 196 valence electrons. The third-order valence-corrected chi connectivity index (χ3v) is 8.24. The summed E-state index contributed by atoms with van der Waals surface area (Å²) < 4.78 is 8.24. The Morgan fingerprint density at radius 2 is 1.39 bits per heavy atom. The predicted octanol–water partition coefficient (Wildman–Crippen LogP) is 7.99. The maximum Gasteiger partial charge on any atom is 0.243 e. The van der Waals surface area contributed by atoms with E-state index in [1.54, 1.807) is 0 Å². The monoisotopic (exact) mass is 507 g/mol. The number of hydrogen-bond acceptors (Lipinski definition) is 3. The molecule has 0 unspecified atom stereocenters. The molecule has 2 aliphatic carbocycles. The second kappa shape index (κ2) is 11.4. The van der Waals surface area contributed by atoms with Gasteiger partial charge in [0.15, 0.2) is 0 Å². The van der Waals surface area contributed by atoms with E-state index in [1.165, 1.54) is 38.5 Å². The largest absolute Gasteiger partial charge is 0.457 e. The van der Waals surface area contributed by atoms with Gasteiger partial charge in [0.25, 0.3) is 0 Å². The Labute approximate surface area is 225 Å². The van der Waals surface area contributed by atoms with E-state index in [1.807, 2.05) is 66.7 Å². The third kappa shape index (κ3) is 5.33. The van der Waals surface area contributed by atoms with Crippen molar-refractivity contribution in [2.75, 3.05) is 0 Å². The summed E-state index contributed by atoms with van der Waals surface area (Å²) in [6.45, 7) is 0.312. The first-order valence-corrected chi connectivity index (χ1v) is 14.4. The molecule has 0 radical (unpaired) electrons. The maximum atomic E-state index is 14.2. The summed E-state index contributed by atoms with van der Waals surface area (Å²) in [6.07, 6.45) is 12.1. The number of aromatic nitrogens is 2. The minimum atomic E-state index is 0.241. The Morgan fingerprint density at radius 1 is 0.763 bits per heavy atom. The average molecular weight is 508 g/mol. The number of rotatable bonds is 7. The number of benzene rings is 3. The topological polar surface area (TPSA) is 47.4 Å². The van der Waals surface area contributed by atoms with E-state index in [9.17, 15) is 4.79 Å². The van der Waals surface area contributed by atoms with E-state index in [-0.39, 0.29) is 5.91 Å². The molecular weight excluding hydrogens is 470 g/mol. The Bertz CT molecular complexity index is 1350. The van der Waals surface area contributed by atoms with Gasteiger partial charge in [0.2, 0.25) is 5.91 Å². The molecule has 0 saturated heterocycles. The van der Waals surface area contributed by atoms with Crippen molar-refractivity contribution in [3.05, 3.63) is 78.9 Å². The summed E-state index contributed by atoms with van der Waals surface area (Å²) in [6, 6.07) is 26.8. The summed E-state index contributed by atoms with van der Waals surface area (Å²) in [4.78, 5) is 21.5. The molecule has 0 aliphatic heterocycles. The summed E-state index contributed by atoms with van der Waals surface area (Å²) >= 11 is 0. The highest BCUT2D eigenvalue weighted by molar-refractivity contribution is 5.85. The summed E-state index contributed by atoms with van der Waals surface area (Å²) in [5, 5.41) is 0. The molecule has 38 heavy (non-hydrogen) atoms. The highest BCUT2D eigenvalue weighted by Gasteiger charge is 2.33. The van der Waals surface area contributed by atoms with Crippen molar-refractivity contribution in [2.45, 2.75) is 82.8 Å². The lowest BCUT2D eigenvalue weighted by atomic mass is 9.88. The van der Waals surface area contributed by atoms with Crippen molar-refractivity contribution in [3.8, 4) is 22.9 Å². The average Bonchev–Trinajstić information content (AvgIpc) is 3.33. The zero-order valence-corrected chi connectivity index (χ0v) is 22.1. The molecule has 0 atom stereocenters. The van der Waals surface area contributed by atoms with Crippen molar-refractivity contribution in [1.82, 2.24) is 14.5 Å². The Hall–Kier alpha value is -3.60. The first-order valence-electron chi connectivity index (χ1n) is 14.4. The predicted molar refractivity (Wildman–Crippen MR) is 152 cm³/mol. The van der Waals surface area contributed by atoms with Crippen molar-refractivity contribution in [2.24, 2.45) is 0 Å². The molecule has 1 amide bonds. The zero-order valence-electron chi connectivity index (χ0n) is 22.1. The van der Waals surface area contributed by atoms with Crippen LogP contribution in [0, 0.1) is 0 Å². The van der Waals surface area contributed by atoms with Gasteiger partial charge >= 0.3 is 0 Å². The van der Waals surface area contributed by atoms with Crippen LogP contribution in [0.2, 0.25) is 0 Å². The van der Waals surface area contributed by atoms with Crippen molar-refractivity contribution < 1.29 is 9.53 Å². The first-order chi connectivity index (χ1) is 18.8. The quantitative estimate of drug-likeness (QED) is 0.255. The number of imidazole rings is 1. The van der Waals surface area contributed by atoms with Crippen molar-refractivity contribution in [1.29, 1.82) is 0 Å². The number of para-hydroxylation sites is 3.